The summed E-state index contributed by atoms with van der Waals surface area (Å²) < 4.78 is 11.1. The lowest BCUT2D eigenvalue weighted by Crippen LogP contribution is -2.34. The number of fused-ring (bicyclic) bond motifs is 1. The molecule has 2 aromatic carbocycles. The van der Waals surface area contributed by atoms with Gasteiger partial charge in [0.15, 0.2) is 5.76 Å². The van der Waals surface area contributed by atoms with E-state index in [9.17, 15) is 4.79 Å². The third-order valence-electron chi connectivity index (χ3n) is 5.05. The second kappa shape index (κ2) is 9.04. The molecular weight excluding hydrogens is 352 g/mol. The Morgan fingerprint density at radius 1 is 1.14 bits per heavy atom. The van der Waals surface area contributed by atoms with Crippen molar-refractivity contribution in [1.82, 2.24) is 10.2 Å². The maximum atomic E-state index is 12.9. The molecule has 3 aromatic rings. The maximum absolute atomic E-state index is 12.9. The van der Waals surface area contributed by atoms with Crippen molar-refractivity contribution in [2.75, 3.05) is 27.7 Å². The first-order chi connectivity index (χ1) is 13.5. The van der Waals surface area contributed by atoms with Gasteiger partial charge in [0, 0.05) is 24.6 Å². The van der Waals surface area contributed by atoms with E-state index in [1.165, 1.54) is 11.1 Å². The van der Waals surface area contributed by atoms with Crippen molar-refractivity contribution in [3.8, 4) is 0 Å². The number of ether oxygens (including phenoxy) is 1. The Labute approximate surface area is 166 Å². The number of nitrogens with zero attached hydrogens (tertiary/aromatic N) is 1. The van der Waals surface area contributed by atoms with Gasteiger partial charge in [0.2, 0.25) is 0 Å². The fourth-order valence-corrected chi connectivity index (χ4v) is 3.41. The number of hydrogen-bond acceptors (Lipinski definition) is 4. The summed E-state index contributed by atoms with van der Waals surface area (Å²) in [4.78, 5) is 15.0. The van der Waals surface area contributed by atoms with E-state index < -0.39 is 0 Å². The SMILES string of the molecule is CCc1ccc(C(CNC(=O)c2oc3ccccc3c2COC)N(C)C)cc1. The summed E-state index contributed by atoms with van der Waals surface area (Å²) in [7, 11) is 5.65. The summed E-state index contributed by atoms with van der Waals surface area (Å²) in [6.07, 6.45) is 1.01. The zero-order valence-electron chi connectivity index (χ0n) is 17.0. The monoisotopic (exact) mass is 380 g/mol. The average molecular weight is 380 g/mol. The lowest BCUT2D eigenvalue weighted by Gasteiger charge is -2.25. The quantitative estimate of drug-likeness (QED) is 0.637. The zero-order chi connectivity index (χ0) is 20.1. The minimum absolute atomic E-state index is 0.0742. The van der Waals surface area contributed by atoms with Gasteiger partial charge in [-0.2, -0.15) is 0 Å². The number of benzene rings is 2. The van der Waals surface area contributed by atoms with Crippen LogP contribution in [0.2, 0.25) is 0 Å². The molecule has 1 N–H and O–H groups in total. The van der Waals surface area contributed by atoms with Crippen LogP contribution in [-0.4, -0.2) is 38.6 Å². The molecule has 1 heterocycles. The van der Waals surface area contributed by atoms with Crippen LogP contribution < -0.4 is 5.32 Å². The van der Waals surface area contributed by atoms with E-state index in [2.05, 4.69) is 41.4 Å². The molecule has 0 radical (unpaired) electrons. The Morgan fingerprint density at radius 2 is 1.86 bits per heavy atom. The van der Waals surface area contributed by atoms with Crippen molar-refractivity contribution in [3.63, 3.8) is 0 Å². The van der Waals surface area contributed by atoms with E-state index in [0.717, 1.165) is 17.4 Å². The number of aryl methyl sites for hydroxylation is 1. The molecule has 1 unspecified atom stereocenters. The number of furan rings is 1. The molecule has 1 amide bonds. The molecule has 0 saturated carbocycles. The maximum Gasteiger partial charge on any atom is 0.287 e. The molecular formula is C23H28N2O3. The molecule has 3 rings (SSSR count). The lowest BCUT2D eigenvalue weighted by atomic mass is 10.0. The van der Waals surface area contributed by atoms with Gasteiger partial charge in [0.05, 0.1) is 12.6 Å². The average Bonchev–Trinajstić information content (AvgIpc) is 3.07. The summed E-state index contributed by atoms with van der Waals surface area (Å²) in [5, 5.41) is 3.95. The fraction of sp³-hybridized carbons (Fsp3) is 0.348. The minimum atomic E-state index is -0.222. The third-order valence-corrected chi connectivity index (χ3v) is 5.05. The van der Waals surface area contributed by atoms with Gasteiger partial charge in [0.1, 0.15) is 5.58 Å². The first kappa shape index (κ1) is 20.1. The second-order valence-corrected chi connectivity index (χ2v) is 7.12. The molecule has 0 aliphatic carbocycles. The minimum Gasteiger partial charge on any atom is -0.451 e. The van der Waals surface area contributed by atoms with E-state index in [1.807, 2.05) is 38.4 Å². The number of amides is 1. The molecule has 148 valence electrons. The lowest BCUT2D eigenvalue weighted by molar-refractivity contribution is 0.0909. The highest BCUT2D eigenvalue weighted by Gasteiger charge is 2.22. The van der Waals surface area contributed by atoms with Crippen molar-refractivity contribution in [3.05, 3.63) is 71.0 Å². The predicted molar refractivity (Wildman–Crippen MR) is 112 cm³/mol. The van der Waals surface area contributed by atoms with Crippen LogP contribution in [0.25, 0.3) is 11.0 Å². The number of para-hydroxylation sites is 1. The van der Waals surface area contributed by atoms with E-state index in [1.54, 1.807) is 7.11 Å². The molecule has 1 atom stereocenters. The van der Waals surface area contributed by atoms with Gasteiger partial charge < -0.3 is 19.4 Å². The Kier molecular flexibility index (Phi) is 6.49. The van der Waals surface area contributed by atoms with Crippen LogP contribution in [0.15, 0.2) is 52.9 Å². The van der Waals surface area contributed by atoms with E-state index in [0.29, 0.717) is 24.5 Å². The van der Waals surface area contributed by atoms with Crippen LogP contribution in [0.4, 0.5) is 0 Å². The molecule has 28 heavy (non-hydrogen) atoms. The van der Waals surface area contributed by atoms with Crippen molar-refractivity contribution in [2.24, 2.45) is 0 Å². The van der Waals surface area contributed by atoms with Crippen LogP contribution in [-0.2, 0) is 17.8 Å². The smallest absolute Gasteiger partial charge is 0.287 e. The van der Waals surface area contributed by atoms with Crippen LogP contribution in [0.1, 0.15) is 40.2 Å². The normalized spacial score (nSPS) is 12.5. The second-order valence-electron chi connectivity index (χ2n) is 7.12. The topological polar surface area (TPSA) is 54.7 Å². The summed E-state index contributed by atoms with van der Waals surface area (Å²) in [6.45, 7) is 2.96. The Hall–Kier alpha value is -2.63. The number of carbonyl (C=O) groups is 1. The van der Waals surface area contributed by atoms with Crippen LogP contribution in [0.5, 0.6) is 0 Å². The number of likely N-dealkylation sites (N-methyl/N-ethyl adjacent to an activating group) is 1. The third kappa shape index (κ3) is 4.26. The molecule has 5 heteroatoms. The standard InChI is InChI=1S/C23H28N2O3/c1-5-16-10-12-17(13-11-16)20(25(2)3)14-24-23(26)22-19(15-27-4)18-8-6-7-9-21(18)28-22/h6-13,20H,5,14-15H2,1-4H3,(H,24,26). The van der Waals surface area contributed by atoms with Crippen molar-refractivity contribution in [2.45, 2.75) is 26.0 Å². The summed E-state index contributed by atoms with van der Waals surface area (Å²) in [6, 6.07) is 16.3. The van der Waals surface area contributed by atoms with Gasteiger partial charge in [-0.05, 0) is 37.7 Å². The molecule has 0 aliphatic rings. The molecule has 0 bridgehead atoms. The Balaban J connectivity index is 1.79. The molecule has 0 saturated heterocycles. The zero-order valence-corrected chi connectivity index (χ0v) is 17.0. The first-order valence-electron chi connectivity index (χ1n) is 9.58. The van der Waals surface area contributed by atoms with E-state index in [4.69, 9.17) is 9.15 Å². The molecule has 5 nitrogen and oxygen atoms in total. The number of rotatable bonds is 8. The van der Waals surface area contributed by atoms with Crippen molar-refractivity contribution in [1.29, 1.82) is 0 Å². The van der Waals surface area contributed by atoms with Crippen LogP contribution >= 0.6 is 0 Å². The number of methoxy groups -OCH3 is 1. The number of hydrogen-bond donors (Lipinski definition) is 1. The summed E-state index contributed by atoms with van der Waals surface area (Å²) in [5.74, 6) is 0.0992. The summed E-state index contributed by atoms with van der Waals surface area (Å²) >= 11 is 0. The number of carbonyl (C=O) groups excluding carboxylic acids is 1. The first-order valence-corrected chi connectivity index (χ1v) is 9.58. The van der Waals surface area contributed by atoms with Crippen molar-refractivity contribution >= 4 is 16.9 Å². The number of nitrogens with one attached hydrogen (secondary N) is 1. The molecule has 0 aliphatic heterocycles. The largest absolute Gasteiger partial charge is 0.451 e. The summed E-state index contributed by atoms with van der Waals surface area (Å²) in [5.41, 5.74) is 3.95. The molecule has 0 spiro atoms. The van der Waals surface area contributed by atoms with E-state index >= 15 is 0 Å². The van der Waals surface area contributed by atoms with Crippen molar-refractivity contribution < 1.29 is 13.9 Å². The van der Waals surface area contributed by atoms with Gasteiger partial charge in [-0.3, -0.25) is 4.79 Å². The highest BCUT2D eigenvalue weighted by Crippen LogP contribution is 2.27. The molecule has 0 fully saturated rings. The van der Waals surface area contributed by atoms with Gasteiger partial charge in [-0.1, -0.05) is 49.4 Å². The van der Waals surface area contributed by atoms with Gasteiger partial charge in [-0.25, -0.2) is 0 Å². The highest BCUT2D eigenvalue weighted by molar-refractivity contribution is 5.99. The van der Waals surface area contributed by atoms with E-state index in [-0.39, 0.29) is 11.9 Å². The van der Waals surface area contributed by atoms with Gasteiger partial charge in [-0.15, -0.1) is 0 Å². The van der Waals surface area contributed by atoms with Gasteiger partial charge in [0.25, 0.3) is 5.91 Å². The predicted octanol–water partition coefficient (Wildman–Crippen LogP) is 4.17. The van der Waals surface area contributed by atoms with Crippen LogP contribution in [0.3, 0.4) is 0 Å². The highest BCUT2D eigenvalue weighted by atomic mass is 16.5. The molecule has 1 aromatic heterocycles. The van der Waals surface area contributed by atoms with Crippen LogP contribution in [0, 0.1) is 0 Å². The Bertz CT molecular complexity index is 929. The van der Waals surface area contributed by atoms with Gasteiger partial charge >= 0.3 is 0 Å². The fourth-order valence-electron chi connectivity index (χ4n) is 3.41. The Morgan fingerprint density at radius 3 is 2.50 bits per heavy atom.